The predicted octanol–water partition coefficient (Wildman–Crippen LogP) is -0.516. The van der Waals surface area contributed by atoms with Gasteiger partial charge in [-0.1, -0.05) is 18.2 Å². The Bertz CT molecular complexity index is 659. The van der Waals surface area contributed by atoms with Gasteiger partial charge in [0.2, 0.25) is 11.8 Å². The van der Waals surface area contributed by atoms with E-state index in [2.05, 4.69) is 20.7 Å². The van der Waals surface area contributed by atoms with Crippen LogP contribution in [0, 0.1) is 0 Å². The van der Waals surface area contributed by atoms with Crippen molar-refractivity contribution in [3.63, 3.8) is 0 Å². The molecule has 0 aromatic heterocycles. The van der Waals surface area contributed by atoms with Crippen LogP contribution in [-0.2, 0) is 25.7 Å². The zero-order valence-electron chi connectivity index (χ0n) is 13.3. The van der Waals surface area contributed by atoms with Crippen molar-refractivity contribution in [1.82, 2.24) is 16.0 Å². The van der Waals surface area contributed by atoms with Gasteiger partial charge in [0.1, 0.15) is 6.54 Å². The number of rotatable bonds is 6. The number of carbonyl (C=O) groups excluding carboxylic acids is 4. The lowest BCUT2D eigenvalue weighted by molar-refractivity contribution is -0.139. The smallest absolute Gasteiger partial charge is 0.325 e. The Morgan fingerprint density at radius 3 is 2.75 bits per heavy atom. The highest BCUT2D eigenvalue weighted by Gasteiger charge is 2.26. The van der Waals surface area contributed by atoms with Crippen molar-refractivity contribution in [3.05, 3.63) is 35.4 Å². The van der Waals surface area contributed by atoms with Crippen LogP contribution in [0.2, 0.25) is 0 Å². The standard InChI is InChI=1S/C16H19N3O5/c1-24-14(21)9-18-15(22)11-5-3-2-4-10(11)8-17-12-6-7-13(20)19-16(12)23/h2-5,12,17H,6-9H2,1H3,(H,18,22)(H,19,20,23)/t12-/m0/s1. The fraction of sp³-hybridized carbons (Fsp3) is 0.375. The van der Waals surface area contributed by atoms with Crippen LogP contribution in [0.15, 0.2) is 24.3 Å². The third kappa shape index (κ3) is 4.63. The molecule has 1 aromatic rings. The third-order valence-corrected chi connectivity index (χ3v) is 3.66. The van der Waals surface area contributed by atoms with E-state index in [9.17, 15) is 19.2 Å². The largest absolute Gasteiger partial charge is 0.468 e. The molecular formula is C16H19N3O5. The second-order valence-electron chi connectivity index (χ2n) is 5.30. The molecule has 1 heterocycles. The molecule has 3 N–H and O–H groups in total. The maximum absolute atomic E-state index is 12.2. The number of carbonyl (C=O) groups is 4. The first-order valence-corrected chi connectivity index (χ1v) is 7.51. The number of imide groups is 1. The molecule has 0 bridgehead atoms. The molecule has 1 aliphatic heterocycles. The van der Waals surface area contributed by atoms with Gasteiger partial charge in [0.25, 0.3) is 5.91 Å². The third-order valence-electron chi connectivity index (χ3n) is 3.66. The molecule has 0 aliphatic carbocycles. The zero-order chi connectivity index (χ0) is 17.5. The summed E-state index contributed by atoms with van der Waals surface area (Å²) < 4.78 is 4.48. The highest BCUT2D eigenvalue weighted by molar-refractivity contribution is 6.00. The molecule has 0 spiro atoms. The molecule has 0 unspecified atom stereocenters. The van der Waals surface area contributed by atoms with Crippen LogP contribution >= 0.6 is 0 Å². The fourth-order valence-corrected chi connectivity index (χ4v) is 2.34. The van der Waals surface area contributed by atoms with Crippen LogP contribution < -0.4 is 16.0 Å². The Morgan fingerprint density at radius 2 is 2.04 bits per heavy atom. The van der Waals surface area contributed by atoms with Crippen LogP contribution in [-0.4, -0.2) is 43.4 Å². The maximum Gasteiger partial charge on any atom is 0.325 e. The van der Waals surface area contributed by atoms with Crippen molar-refractivity contribution in [2.24, 2.45) is 0 Å². The first-order chi connectivity index (χ1) is 11.5. The summed E-state index contributed by atoms with van der Waals surface area (Å²) in [5, 5.41) is 7.79. The van der Waals surface area contributed by atoms with Crippen LogP contribution in [0.1, 0.15) is 28.8 Å². The monoisotopic (exact) mass is 333 g/mol. The number of nitrogens with one attached hydrogen (secondary N) is 3. The average molecular weight is 333 g/mol. The molecular weight excluding hydrogens is 314 g/mol. The minimum absolute atomic E-state index is 0.218. The minimum Gasteiger partial charge on any atom is -0.468 e. The molecule has 8 heteroatoms. The predicted molar refractivity (Wildman–Crippen MR) is 83.8 cm³/mol. The summed E-state index contributed by atoms with van der Waals surface area (Å²) in [6, 6.07) is 6.40. The number of piperidine rings is 1. The van der Waals surface area contributed by atoms with Gasteiger partial charge >= 0.3 is 5.97 Å². The van der Waals surface area contributed by atoms with Crippen molar-refractivity contribution >= 4 is 23.7 Å². The fourth-order valence-electron chi connectivity index (χ4n) is 2.34. The van der Waals surface area contributed by atoms with E-state index in [1.807, 2.05) is 0 Å². The number of esters is 1. The van der Waals surface area contributed by atoms with E-state index in [1.54, 1.807) is 24.3 Å². The summed E-state index contributed by atoms with van der Waals surface area (Å²) in [6.45, 7) is 0.0678. The Hall–Kier alpha value is -2.74. The Kier molecular flexibility index (Phi) is 6.02. The minimum atomic E-state index is -0.539. The van der Waals surface area contributed by atoms with E-state index in [0.717, 1.165) is 0 Å². The summed E-state index contributed by atoms with van der Waals surface area (Å²) >= 11 is 0. The first-order valence-electron chi connectivity index (χ1n) is 7.51. The topological polar surface area (TPSA) is 114 Å². The van der Waals surface area contributed by atoms with Gasteiger partial charge in [0, 0.05) is 18.5 Å². The van der Waals surface area contributed by atoms with Gasteiger partial charge in [-0.05, 0) is 18.1 Å². The van der Waals surface area contributed by atoms with E-state index in [1.165, 1.54) is 7.11 Å². The molecule has 1 saturated heterocycles. The first kappa shape index (κ1) is 17.6. The second kappa shape index (κ2) is 8.21. The van der Waals surface area contributed by atoms with Gasteiger partial charge < -0.3 is 15.4 Å². The zero-order valence-corrected chi connectivity index (χ0v) is 13.3. The molecule has 8 nitrogen and oxygen atoms in total. The summed E-state index contributed by atoms with van der Waals surface area (Å²) in [5.74, 6) is -1.58. The van der Waals surface area contributed by atoms with E-state index < -0.39 is 17.9 Å². The van der Waals surface area contributed by atoms with Crippen LogP contribution in [0.25, 0.3) is 0 Å². The molecule has 24 heavy (non-hydrogen) atoms. The van der Waals surface area contributed by atoms with Crippen LogP contribution in [0.4, 0.5) is 0 Å². The lowest BCUT2D eigenvalue weighted by Crippen LogP contribution is -2.50. The number of hydrogen-bond acceptors (Lipinski definition) is 6. The Labute approximate surface area is 138 Å². The molecule has 0 saturated carbocycles. The number of hydrogen-bond donors (Lipinski definition) is 3. The van der Waals surface area contributed by atoms with Crippen molar-refractivity contribution < 1.29 is 23.9 Å². The molecule has 2 rings (SSSR count). The normalized spacial score (nSPS) is 17.1. The van der Waals surface area contributed by atoms with Crippen molar-refractivity contribution in [1.29, 1.82) is 0 Å². The Balaban J connectivity index is 1.98. The number of methoxy groups -OCH3 is 1. The van der Waals surface area contributed by atoms with E-state index in [4.69, 9.17) is 0 Å². The maximum atomic E-state index is 12.2. The van der Waals surface area contributed by atoms with Gasteiger partial charge in [0.15, 0.2) is 0 Å². The molecule has 3 amide bonds. The van der Waals surface area contributed by atoms with Gasteiger partial charge in [-0.3, -0.25) is 24.5 Å². The van der Waals surface area contributed by atoms with E-state index in [0.29, 0.717) is 17.5 Å². The number of benzene rings is 1. The van der Waals surface area contributed by atoms with Crippen molar-refractivity contribution in [2.45, 2.75) is 25.4 Å². The van der Waals surface area contributed by atoms with Crippen LogP contribution in [0.3, 0.4) is 0 Å². The van der Waals surface area contributed by atoms with E-state index in [-0.39, 0.29) is 31.3 Å². The molecule has 0 radical (unpaired) electrons. The van der Waals surface area contributed by atoms with Gasteiger partial charge in [-0.25, -0.2) is 0 Å². The summed E-state index contributed by atoms with van der Waals surface area (Å²) in [7, 11) is 1.24. The SMILES string of the molecule is COC(=O)CNC(=O)c1ccccc1CN[C@H]1CCC(=O)NC1=O. The molecule has 1 aromatic carbocycles. The van der Waals surface area contributed by atoms with E-state index >= 15 is 0 Å². The molecule has 128 valence electrons. The van der Waals surface area contributed by atoms with Gasteiger partial charge in [-0.15, -0.1) is 0 Å². The lowest BCUT2D eigenvalue weighted by Gasteiger charge is -2.22. The summed E-state index contributed by atoms with van der Waals surface area (Å²) in [4.78, 5) is 46.1. The Morgan fingerprint density at radius 1 is 1.29 bits per heavy atom. The molecule has 1 fully saturated rings. The summed E-state index contributed by atoms with van der Waals surface area (Å²) in [6.07, 6.45) is 0.700. The number of amides is 3. The average Bonchev–Trinajstić information content (AvgIpc) is 2.58. The van der Waals surface area contributed by atoms with Crippen LogP contribution in [0.5, 0.6) is 0 Å². The molecule has 1 atom stereocenters. The molecule has 1 aliphatic rings. The quantitative estimate of drug-likeness (QED) is 0.477. The van der Waals surface area contributed by atoms with Crippen molar-refractivity contribution in [2.75, 3.05) is 13.7 Å². The highest BCUT2D eigenvalue weighted by atomic mass is 16.5. The second-order valence-corrected chi connectivity index (χ2v) is 5.30. The van der Waals surface area contributed by atoms with Crippen molar-refractivity contribution in [3.8, 4) is 0 Å². The number of ether oxygens (including phenoxy) is 1. The summed E-state index contributed by atoms with van der Waals surface area (Å²) in [5.41, 5.74) is 1.09. The highest BCUT2D eigenvalue weighted by Crippen LogP contribution is 2.11. The lowest BCUT2D eigenvalue weighted by atomic mass is 10.0. The van der Waals surface area contributed by atoms with Gasteiger partial charge in [0.05, 0.1) is 13.2 Å². The van der Waals surface area contributed by atoms with Gasteiger partial charge in [-0.2, -0.15) is 0 Å².